The zero-order chi connectivity index (χ0) is 13.0. The van der Waals surface area contributed by atoms with Crippen LogP contribution >= 0.6 is 0 Å². The lowest BCUT2D eigenvalue weighted by atomic mass is 9.56. The summed E-state index contributed by atoms with van der Waals surface area (Å²) in [5.41, 5.74) is -0.172. The molecule has 0 aromatic carbocycles. The molecule has 4 bridgehead atoms. The molecule has 2 nitrogen and oxygen atoms in total. The summed E-state index contributed by atoms with van der Waals surface area (Å²) in [6.07, 6.45) is 8.81. The van der Waals surface area contributed by atoms with Crippen molar-refractivity contribution in [2.24, 2.45) is 17.8 Å². The summed E-state index contributed by atoms with van der Waals surface area (Å²) in [6.45, 7) is 8.55. The highest BCUT2D eigenvalue weighted by Gasteiger charge is 2.55. The maximum atomic E-state index is 5.89. The standard InChI is InChI=1S/C15H27O2Si/c1-14(2,3)16-17-18(4)15-8-11-5-12(9-15)7-13(6-11)10-15/h11-13H,5-10H2,1-4H3. The van der Waals surface area contributed by atoms with Crippen molar-refractivity contribution in [2.75, 3.05) is 0 Å². The van der Waals surface area contributed by atoms with Crippen molar-refractivity contribution in [3.05, 3.63) is 0 Å². The van der Waals surface area contributed by atoms with Gasteiger partial charge >= 0.3 is 0 Å². The number of hydrogen-bond acceptors (Lipinski definition) is 2. The second-order valence-corrected chi connectivity index (χ2v) is 10.4. The number of hydrogen-bond donors (Lipinski definition) is 0. The van der Waals surface area contributed by atoms with Crippen LogP contribution in [0.4, 0.5) is 0 Å². The molecule has 3 heteroatoms. The maximum absolute atomic E-state index is 5.89. The van der Waals surface area contributed by atoms with E-state index in [1.165, 1.54) is 38.5 Å². The van der Waals surface area contributed by atoms with Crippen LogP contribution < -0.4 is 0 Å². The van der Waals surface area contributed by atoms with Crippen LogP contribution in [-0.4, -0.2) is 14.6 Å². The second-order valence-electron chi connectivity index (χ2n) is 8.03. The molecular weight excluding hydrogens is 240 g/mol. The normalized spacial score (nSPS) is 42.8. The molecule has 1 radical (unpaired) electrons. The highest BCUT2D eigenvalue weighted by Crippen LogP contribution is 2.65. The summed E-state index contributed by atoms with van der Waals surface area (Å²) in [5.74, 6) is 3.03. The van der Waals surface area contributed by atoms with Crippen LogP contribution in [0.25, 0.3) is 0 Å². The van der Waals surface area contributed by atoms with Gasteiger partial charge in [0.15, 0.2) is 0 Å². The lowest BCUT2D eigenvalue weighted by Crippen LogP contribution is -2.49. The Kier molecular flexibility index (Phi) is 3.15. The fourth-order valence-electron chi connectivity index (χ4n) is 4.82. The second kappa shape index (κ2) is 4.32. The average molecular weight is 267 g/mol. The van der Waals surface area contributed by atoms with E-state index in [0.717, 1.165) is 17.8 Å². The van der Waals surface area contributed by atoms with Crippen LogP contribution in [-0.2, 0) is 9.46 Å². The first kappa shape index (κ1) is 13.1. The molecule has 0 amide bonds. The minimum Gasteiger partial charge on any atom is -0.286 e. The highest BCUT2D eigenvalue weighted by molar-refractivity contribution is 6.54. The van der Waals surface area contributed by atoms with Crippen molar-refractivity contribution < 1.29 is 9.46 Å². The molecule has 0 atom stereocenters. The van der Waals surface area contributed by atoms with Gasteiger partial charge in [0.2, 0.25) is 0 Å². The van der Waals surface area contributed by atoms with Gasteiger partial charge in [-0.1, -0.05) is 0 Å². The van der Waals surface area contributed by atoms with Gasteiger partial charge in [0.05, 0.1) is 5.60 Å². The van der Waals surface area contributed by atoms with E-state index in [4.69, 9.17) is 9.46 Å². The van der Waals surface area contributed by atoms with Crippen LogP contribution in [0.3, 0.4) is 0 Å². The van der Waals surface area contributed by atoms with E-state index < -0.39 is 9.04 Å². The minimum atomic E-state index is -0.839. The molecule has 0 spiro atoms. The molecule has 4 aliphatic rings. The van der Waals surface area contributed by atoms with E-state index in [-0.39, 0.29) is 5.60 Å². The average Bonchev–Trinajstić information content (AvgIpc) is 2.22. The highest BCUT2D eigenvalue weighted by atomic mass is 28.3. The lowest BCUT2D eigenvalue weighted by Gasteiger charge is -2.57. The topological polar surface area (TPSA) is 18.5 Å². The fourth-order valence-corrected chi connectivity index (χ4v) is 7.10. The van der Waals surface area contributed by atoms with Gasteiger partial charge in [-0.15, -0.1) is 0 Å². The Hall–Kier alpha value is 0.137. The predicted octanol–water partition coefficient (Wildman–Crippen LogP) is 4.32. The summed E-state index contributed by atoms with van der Waals surface area (Å²) in [5, 5.41) is 0.532. The monoisotopic (exact) mass is 267 g/mol. The Bertz CT molecular complexity index is 286. The molecule has 0 aliphatic heterocycles. The van der Waals surface area contributed by atoms with E-state index in [0.29, 0.717) is 5.04 Å². The Morgan fingerprint density at radius 3 is 1.78 bits per heavy atom. The number of rotatable bonds is 3. The van der Waals surface area contributed by atoms with Crippen molar-refractivity contribution in [3.63, 3.8) is 0 Å². The summed E-state index contributed by atoms with van der Waals surface area (Å²) in [6, 6.07) is 0. The molecule has 0 heterocycles. The Balaban J connectivity index is 1.67. The summed E-state index contributed by atoms with van der Waals surface area (Å²) < 4.78 is 5.89. The zero-order valence-corrected chi connectivity index (χ0v) is 13.3. The fraction of sp³-hybridized carbons (Fsp3) is 1.00. The van der Waals surface area contributed by atoms with Gasteiger partial charge < -0.3 is 0 Å². The van der Waals surface area contributed by atoms with Gasteiger partial charge in [0.1, 0.15) is 0 Å². The molecular formula is C15H27O2Si. The van der Waals surface area contributed by atoms with Gasteiger partial charge in [0.25, 0.3) is 9.04 Å². The summed E-state index contributed by atoms with van der Waals surface area (Å²) in [7, 11) is -0.839. The Morgan fingerprint density at radius 1 is 0.944 bits per heavy atom. The molecule has 4 rings (SSSR count). The summed E-state index contributed by atoms with van der Waals surface area (Å²) >= 11 is 0. The van der Waals surface area contributed by atoms with E-state index in [1.807, 2.05) is 0 Å². The van der Waals surface area contributed by atoms with Crippen molar-refractivity contribution in [1.29, 1.82) is 0 Å². The SMILES string of the molecule is C[Si](OOC(C)(C)C)C12CC3CC(CC(C3)C1)C2. The molecule has 18 heavy (non-hydrogen) atoms. The van der Waals surface area contributed by atoms with Crippen LogP contribution in [0, 0.1) is 17.8 Å². The Labute approximate surface area is 113 Å². The van der Waals surface area contributed by atoms with E-state index in [9.17, 15) is 0 Å². The molecule has 4 aliphatic carbocycles. The zero-order valence-electron chi connectivity index (χ0n) is 12.3. The first-order chi connectivity index (χ1) is 8.36. The van der Waals surface area contributed by atoms with Gasteiger partial charge in [-0.05, 0) is 88.6 Å². The first-order valence-electron chi connectivity index (χ1n) is 7.56. The first-order valence-corrected chi connectivity index (χ1v) is 9.47. The van der Waals surface area contributed by atoms with Crippen molar-refractivity contribution in [1.82, 2.24) is 0 Å². The molecule has 0 N–H and O–H groups in total. The molecule has 4 saturated carbocycles. The van der Waals surface area contributed by atoms with Gasteiger partial charge in [-0.25, -0.2) is 4.89 Å². The third-order valence-corrected chi connectivity index (χ3v) is 7.64. The van der Waals surface area contributed by atoms with Crippen molar-refractivity contribution >= 4 is 9.04 Å². The minimum absolute atomic E-state index is 0.172. The van der Waals surface area contributed by atoms with Crippen LogP contribution in [0.2, 0.25) is 11.6 Å². The van der Waals surface area contributed by atoms with E-state index in [2.05, 4.69) is 27.3 Å². The lowest BCUT2D eigenvalue weighted by molar-refractivity contribution is -0.284. The van der Waals surface area contributed by atoms with Crippen LogP contribution in [0.15, 0.2) is 0 Å². The van der Waals surface area contributed by atoms with Crippen LogP contribution in [0.1, 0.15) is 59.3 Å². The third-order valence-electron chi connectivity index (χ3n) is 5.20. The van der Waals surface area contributed by atoms with E-state index >= 15 is 0 Å². The van der Waals surface area contributed by atoms with Gasteiger partial charge in [0, 0.05) is 0 Å². The maximum Gasteiger partial charge on any atom is 0.264 e. The largest absolute Gasteiger partial charge is 0.286 e. The van der Waals surface area contributed by atoms with Crippen LogP contribution in [0.5, 0.6) is 0 Å². The summed E-state index contributed by atoms with van der Waals surface area (Å²) in [4.78, 5) is 5.63. The molecule has 0 aromatic heterocycles. The van der Waals surface area contributed by atoms with E-state index in [1.54, 1.807) is 0 Å². The molecule has 0 saturated heterocycles. The molecule has 0 aromatic rings. The third kappa shape index (κ3) is 2.41. The quantitative estimate of drug-likeness (QED) is 0.430. The Morgan fingerprint density at radius 2 is 1.39 bits per heavy atom. The molecule has 103 valence electrons. The molecule has 4 fully saturated rings. The predicted molar refractivity (Wildman–Crippen MR) is 74.4 cm³/mol. The molecule has 0 unspecified atom stereocenters. The van der Waals surface area contributed by atoms with Gasteiger partial charge in [-0.3, -0.25) is 4.58 Å². The van der Waals surface area contributed by atoms with Crippen molar-refractivity contribution in [2.45, 2.75) is 76.5 Å². The smallest absolute Gasteiger partial charge is 0.264 e. The van der Waals surface area contributed by atoms with Gasteiger partial charge in [-0.2, -0.15) is 0 Å². The van der Waals surface area contributed by atoms with Crippen molar-refractivity contribution in [3.8, 4) is 0 Å².